The molecule has 1 unspecified atom stereocenters. The van der Waals surface area contributed by atoms with Crippen LogP contribution in [-0.2, 0) is 6.54 Å². The van der Waals surface area contributed by atoms with E-state index < -0.39 is 0 Å². The smallest absolute Gasteiger partial charge is 0.0798 e. The van der Waals surface area contributed by atoms with Gasteiger partial charge in [-0.15, -0.1) is 11.3 Å². The van der Waals surface area contributed by atoms with Crippen LogP contribution in [0.1, 0.15) is 50.1 Å². The molecule has 0 radical (unpaired) electrons. The molecule has 2 fully saturated rings. The molecule has 1 saturated heterocycles. The van der Waals surface area contributed by atoms with Crippen molar-refractivity contribution in [2.24, 2.45) is 5.92 Å². The van der Waals surface area contributed by atoms with Gasteiger partial charge in [0, 0.05) is 36.1 Å². The van der Waals surface area contributed by atoms with Gasteiger partial charge in [-0.1, -0.05) is 26.7 Å². The first kappa shape index (κ1) is 14.5. The standard InChI is InChI=1S/C16H27N3S/c1-12(2)14-8-18-16(6-4-5-7-16)10-19(14)9-15-13(3)17-11-20-15/h11-12,14,18H,4-10H2,1-3H3. The van der Waals surface area contributed by atoms with Crippen LogP contribution in [-0.4, -0.2) is 34.6 Å². The Kier molecular flexibility index (Phi) is 4.16. The van der Waals surface area contributed by atoms with Crippen LogP contribution in [0.5, 0.6) is 0 Å². The Balaban J connectivity index is 1.77. The molecule has 2 aliphatic rings. The fourth-order valence-corrected chi connectivity index (χ4v) is 4.69. The molecule has 4 heteroatoms. The van der Waals surface area contributed by atoms with Crippen molar-refractivity contribution in [1.82, 2.24) is 15.2 Å². The lowest BCUT2D eigenvalue weighted by atomic mass is 9.89. The minimum Gasteiger partial charge on any atom is -0.308 e. The summed E-state index contributed by atoms with van der Waals surface area (Å²) >= 11 is 1.81. The molecular formula is C16H27N3S. The number of thiazole rings is 1. The van der Waals surface area contributed by atoms with Gasteiger partial charge >= 0.3 is 0 Å². The Bertz CT molecular complexity index is 448. The topological polar surface area (TPSA) is 28.2 Å². The summed E-state index contributed by atoms with van der Waals surface area (Å²) in [5, 5.41) is 3.90. The number of nitrogens with one attached hydrogen (secondary N) is 1. The van der Waals surface area contributed by atoms with E-state index in [1.165, 1.54) is 42.8 Å². The van der Waals surface area contributed by atoms with Crippen molar-refractivity contribution >= 4 is 11.3 Å². The van der Waals surface area contributed by atoms with Crippen molar-refractivity contribution in [3.8, 4) is 0 Å². The first-order chi connectivity index (χ1) is 9.60. The monoisotopic (exact) mass is 293 g/mol. The SMILES string of the molecule is Cc1ncsc1CN1CC2(CCCC2)NCC1C(C)C. The summed E-state index contributed by atoms with van der Waals surface area (Å²) in [7, 11) is 0. The highest BCUT2D eigenvalue weighted by molar-refractivity contribution is 7.09. The maximum absolute atomic E-state index is 4.42. The molecule has 20 heavy (non-hydrogen) atoms. The second-order valence-electron chi connectivity index (χ2n) is 6.95. The number of hydrogen-bond acceptors (Lipinski definition) is 4. The van der Waals surface area contributed by atoms with E-state index in [0.29, 0.717) is 17.5 Å². The maximum Gasteiger partial charge on any atom is 0.0798 e. The fraction of sp³-hybridized carbons (Fsp3) is 0.812. The van der Waals surface area contributed by atoms with Crippen LogP contribution < -0.4 is 5.32 Å². The minimum absolute atomic E-state index is 0.407. The molecule has 1 spiro atoms. The maximum atomic E-state index is 4.42. The number of nitrogens with zero attached hydrogens (tertiary/aromatic N) is 2. The second kappa shape index (κ2) is 5.74. The van der Waals surface area contributed by atoms with Crippen LogP contribution in [0, 0.1) is 12.8 Å². The molecule has 2 heterocycles. The largest absolute Gasteiger partial charge is 0.308 e. The summed E-state index contributed by atoms with van der Waals surface area (Å²) in [6, 6.07) is 0.655. The van der Waals surface area contributed by atoms with Crippen LogP contribution in [0.25, 0.3) is 0 Å². The van der Waals surface area contributed by atoms with E-state index >= 15 is 0 Å². The van der Waals surface area contributed by atoms with E-state index in [1.54, 1.807) is 0 Å². The molecule has 1 aromatic heterocycles. The summed E-state index contributed by atoms with van der Waals surface area (Å²) < 4.78 is 0. The number of rotatable bonds is 3. The van der Waals surface area contributed by atoms with Crippen LogP contribution >= 0.6 is 11.3 Å². The van der Waals surface area contributed by atoms with E-state index in [9.17, 15) is 0 Å². The van der Waals surface area contributed by atoms with Gasteiger partial charge in [0.15, 0.2) is 0 Å². The molecule has 1 atom stereocenters. The van der Waals surface area contributed by atoms with E-state index in [1.807, 2.05) is 16.8 Å². The molecule has 0 amide bonds. The van der Waals surface area contributed by atoms with E-state index in [-0.39, 0.29) is 0 Å². The van der Waals surface area contributed by atoms with Gasteiger partial charge in [0.05, 0.1) is 11.2 Å². The molecule has 3 nitrogen and oxygen atoms in total. The molecule has 1 saturated carbocycles. The molecule has 3 rings (SSSR count). The molecular weight excluding hydrogens is 266 g/mol. The first-order valence-electron chi connectivity index (χ1n) is 7.98. The number of hydrogen-bond donors (Lipinski definition) is 1. The van der Waals surface area contributed by atoms with Crippen LogP contribution in [0.15, 0.2) is 5.51 Å². The summed E-state index contributed by atoms with van der Waals surface area (Å²) in [6.07, 6.45) is 5.51. The summed E-state index contributed by atoms with van der Waals surface area (Å²) in [5.74, 6) is 0.703. The minimum atomic E-state index is 0.407. The Morgan fingerprint density at radius 2 is 2.20 bits per heavy atom. The van der Waals surface area contributed by atoms with Gasteiger partial charge in [-0.3, -0.25) is 4.90 Å². The van der Waals surface area contributed by atoms with Gasteiger partial charge in [0.2, 0.25) is 0 Å². The van der Waals surface area contributed by atoms with Crippen LogP contribution in [0.4, 0.5) is 0 Å². The van der Waals surface area contributed by atoms with Crippen molar-refractivity contribution in [3.05, 3.63) is 16.1 Å². The van der Waals surface area contributed by atoms with Gasteiger partial charge in [0.25, 0.3) is 0 Å². The van der Waals surface area contributed by atoms with Gasteiger partial charge in [-0.05, 0) is 25.7 Å². The third-order valence-corrected chi connectivity index (χ3v) is 6.10. The Morgan fingerprint density at radius 1 is 1.45 bits per heavy atom. The highest BCUT2D eigenvalue weighted by atomic mass is 32.1. The van der Waals surface area contributed by atoms with Crippen molar-refractivity contribution in [2.75, 3.05) is 13.1 Å². The average Bonchev–Trinajstić information content (AvgIpc) is 3.00. The van der Waals surface area contributed by atoms with Crippen LogP contribution in [0.2, 0.25) is 0 Å². The number of aryl methyl sites for hydroxylation is 1. The lowest BCUT2D eigenvalue weighted by Crippen LogP contribution is -2.63. The predicted octanol–water partition coefficient (Wildman–Crippen LogP) is 3.19. The fourth-order valence-electron chi connectivity index (χ4n) is 3.89. The highest BCUT2D eigenvalue weighted by Crippen LogP contribution is 2.35. The number of piperazine rings is 1. The Labute approximate surface area is 126 Å². The molecule has 1 aromatic rings. The molecule has 1 aliphatic heterocycles. The zero-order chi connectivity index (χ0) is 14.2. The van der Waals surface area contributed by atoms with Gasteiger partial charge < -0.3 is 5.32 Å². The molecule has 112 valence electrons. The third kappa shape index (κ3) is 2.78. The Hall–Kier alpha value is -0.450. The zero-order valence-electron chi connectivity index (χ0n) is 13.0. The summed E-state index contributed by atoms with van der Waals surface area (Å²) in [5.41, 5.74) is 3.61. The molecule has 1 aliphatic carbocycles. The molecule has 0 bridgehead atoms. The number of aromatic nitrogens is 1. The van der Waals surface area contributed by atoms with Crippen LogP contribution in [0.3, 0.4) is 0 Å². The zero-order valence-corrected chi connectivity index (χ0v) is 13.8. The van der Waals surface area contributed by atoms with Crippen molar-refractivity contribution in [3.63, 3.8) is 0 Å². The average molecular weight is 293 g/mol. The first-order valence-corrected chi connectivity index (χ1v) is 8.86. The second-order valence-corrected chi connectivity index (χ2v) is 7.88. The van der Waals surface area contributed by atoms with E-state index in [0.717, 1.165) is 13.1 Å². The Morgan fingerprint density at radius 3 is 2.80 bits per heavy atom. The van der Waals surface area contributed by atoms with E-state index in [4.69, 9.17) is 0 Å². The van der Waals surface area contributed by atoms with Crippen molar-refractivity contribution in [2.45, 2.75) is 64.6 Å². The highest BCUT2D eigenvalue weighted by Gasteiger charge is 2.41. The predicted molar refractivity (Wildman–Crippen MR) is 85.1 cm³/mol. The van der Waals surface area contributed by atoms with Crippen molar-refractivity contribution in [1.29, 1.82) is 0 Å². The van der Waals surface area contributed by atoms with E-state index in [2.05, 4.69) is 36.0 Å². The molecule has 0 aromatic carbocycles. The summed E-state index contributed by atoms with van der Waals surface area (Å²) in [4.78, 5) is 8.60. The summed E-state index contributed by atoms with van der Waals surface area (Å²) in [6.45, 7) is 10.3. The lowest BCUT2D eigenvalue weighted by molar-refractivity contribution is 0.0513. The van der Waals surface area contributed by atoms with Gasteiger partial charge in [0.1, 0.15) is 0 Å². The third-order valence-electron chi connectivity index (χ3n) is 5.18. The quantitative estimate of drug-likeness (QED) is 0.927. The van der Waals surface area contributed by atoms with Crippen molar-refractivity contribution < 1.29 is 0 Å². The lowest BCUT2D eigenvalue weighted by Gasteiger charge is -2.47. The van der Waals surface area contributed by atoms with Gasteiger partial charge in [-0.2, -0.15) is 0 Å². The normalized spacial score (nSPS) is 26.7. The van der Waals surface area contributed by atoms with Gasteiger partial charge in [-0.25, -0.2) is 4.98 Å². The molecule has 1 N–H and O–H groups in total.